The van der Waals surface area contributed by atoms with Crippen molar-refractivity contribution in [2.45, 2.75) is 39.8 Å². The van der Waals surface area contributed by atoms with E-state index >= 15 is 0 Å². The van der Waals surface area contributed by atoms with Crippen LogP contribution in [0.3, 0.4) is 0 Å². The van der Waals surface area contributed by atoms with E-state index in [1.807, 2.05) is 81.4 Å². The van der Waals surface area contributed by atoms with E-state index in [9.17, 15) is 4.79 Å². The zero-order chi connectivity index (χ0) is 23.4. The van der Waals surface area contributed by atoms with E-state index in [0.717, 1.165) is 51.7 Å². The molecule has 0 radical (unpaired) electrons. The summed E-state index contributed by atoms with van der Waals surface area (Å²) < 4.78 is 8.10. The maximum Gasteiger partial charge on any atom is 0.252 e. The number of rotatable bonds is 8. The van der Waals surface area contributed by atoms with Crippen LogP contribution in [0.2, 0.25) is 5.02 Å². The molecule has 3 aromatic carbocycles. The highest BCUT2D eigenvalue weighted by atomic mass is 35.5. The molecule has 0 spiro atoms. The van der Waals surface area contributed by atoms with Crippen molar-refractivity contribution in [3.05, 3.63) is 94.3 Å². The van der Waals surface area contributed by atoms with Crippen molar-refractivity contribution in [3.8, 4) is 5.75 Å². The van der Waals surface area contributed by atoms with E-state index in [1.54, 1.807) is 0 Å². The van der Waals surface area contributed by atoms with Gasteiger partial charge in [-0.05, 0) is 74.7 Å². The molecule has 1 N–H and O–H groups in total. The van der Waals surface area contributed by atoms with Crippen molar-refractivity contribution in [1.82, 2.24) is 14.9 Å². The molecule has 1 heterocycles. The Morgan fingerprint density at radius 1 is 1.06 bits per heavy atom. The van der Waals surface area contributed by atoms with E-state index in [2.05, 4.69) is 16.0 Å². The molecule has 0 saturated heterocycles. The first-order valence-electron chi connectivity index (χ1n) is 11.1. The number of para-hydroxylation sites is 2. The minimum atomic E-state index is -0.246. The second-order valence-corrected chi connectivity index (χ2v) is 8.64. The molecule has 1 unspecified atom stereocenters. The Morgan fingerprint density at radius 2 is 1.82 bits per heavy atom. The van der Waals surface area contributed by atoms with E-state index in [4.69, 9.17) is 21.3 Å². The minimum Gasteiger partial charge on any atom is -0.494 e. The molecule has 6 heteroatoms. The Morgan fingerprint density at radius 3 is 2.61 bits per heavy atom. The van der Waals surface area contributed by atoms with Gasteiger partial charge in [-0.25, -0.2) is 4.98 Å². The zero-order valence-electron chi connectivity index (χ0n) is 19.1. The third-order valence-electron chi connectivity index (χ3n) is 5.73. The smallest absolute Gasteiger partial charge is 0.252 e. The fraction of sp³-hybridized carbons (Fsp3) is 0.259. The average Bonchev–Trinajstić information content (AvgIpc) is 3.18. The number of hydrogen-bond acceptors (Lipinski definition) is 3. The summed E-state index contributed by atoms with van der Waals surface area (Å²) in [6, 6.07) is 21.1. The molecule has 1 aromatic heterocycles. The van der Waals surface area contributed by atoms with Crippen LogP contribution in [-0.4, -0.2) is 22.1 Å². The number of halogens is 1. The predicted molar refractivity (Wildman–Crippen MR) is 133 cm³/mol. The number of carbonyl (C=O) groups excluding carboxylic acids is 1. The molecule has 170 valence electrons. The van der Waals surface area contributed by atoms with Crippen LogP contribution in [0, 0.1) is 13.8 Å². The lowest BCUT2D eigenvalue weighted by Gasteiger charge is -2.17. The van der Waals surface area contributed by atoms with Gasteiger partial charge in [-0.2, -0.15) is 0 Å². The normalized spacial score (nSPS) is 12.0. The number of carbonyl (C=O) groups is 1. The lowest BCUT2D eigenvalue weighted by Crippen LogP contribution is -2.29. The molecule has 4 rings (SSSR count). The molecular weight excluding hydrogens is 434 g/mol. The SMILES string of the molecule is Cc1cc(OCCCn2c(C(C)NC(=O)c3ccccc3C)nc3ccccc32)ccc1Cl. The van der Waals surface area contributed by atoms with Gasteiger partial charge in [-0.15, -0.1) is 0 Å². The maximum absolute atomic E-state index is 12.9. The second kappa shape index (κ2) is 10.1. The number of ether oxygens (including phenoxy) is 1. The Balaban J connectivity index is 1.48. The number of amides is 1. The van der Waals surface area contributed by atoms with Gasteiger partial charge < -0.3 is 14.6 Å². The molecule has 0 bridgehead atoms. The van der Waals surface area contributed by atoms with Crippen molar-refractivity contribution in [3.63, 3.8) is 0 Å². The Bertz CT molecular complexity index is 1280. The van der Waals surface area contributed by atoms with Crippen LogP contribution < -0.4 is 10.1 Å². The zero-order valence-corrected chi connectivity index (χ0v) is 19.9. The van der Waals surface area contributed by atoms with Gasteiger partial charge in [0.2, 0.25) is 0 Å². The van der Waals surface area contributed by atoms with Gasteiger partial charge in [0, 0.05) is 17.1 Å². The molecule has 4 aromatic rings. The third kappa shape index (κ3) is 5.20. The van der Waals surface area contributed by atoms with Crippen LogP contribution in [0.1, 0.15) is 46.7 Å². The van der Waals surface area contributed by atoms with E-state index in [-0.39, 0.29) is 11.9 Å². The molecule has 0 aliphatic heterocycles. The number of fused-ring (bicyclic) bond motifs is 1. The Labute approximate surface area is 199 Å². The number of nitrogens with zero attached hydrogens (tertiary/aromatic N) is 2. The standard InChI is InChI=1S/C27H28ClN3O2/c1-18-9-4-5-10-22(18)27(32)29-20(3)26-30-24-11-6-7-12-25(24)31(26)15-8-16-33-21-13-14-23(28)19(2)17-21/h4-7,9-14,17,20H,8,15-16H2,1-3H3,(H,29,32). The lowest BCUT2D eigenvalue weighted by molar-refractivity contribution is 0.0937. The van der Waals surface area contributed by atoms with Gasteiger partial charge in [0.05, 0.1) is 23.7 Å². The summed E-state index contributed by atoms with van der Waals surface area (Å²) in [6.07, 6.45) is 0.799. The monoisotopic (exact) mass is 461 g/mol. The summed E-state index contributed by atoms with van der Waals surface area (Å²) in [6.45, 7) is 7.17. The van der Waals surface area contributed by atoms with Crippen LogP contribution in [0.25, 0.3) is 11.0 Å². The summed E-state index contributed by atoms with van der Waals surface area (Å²) in [5.74, 6) is 1.55. The highest BCUT2D eigenvalue weighted by molar-refractivity contribution is 6.31. The number of aryl methyl sites for hydroxylation is 3. The molecule has 0 saturated carbocycles. The first kappa shape index (κ1) is 22.9. The Hall–Kier alpha value is -3.31. The van der Waals surface area contributed by atoms with Crippen LogP contribution in [0.5, 0.6) is 5.75 Å². The third-order valence-corrected chi connectivity index (χ3v) is 6.16. The number of hydrogen-bond donors (Lipinski definition) is 1. The van der Waals surface area contributed by atoms with Crippen LogP contribution >= 0.6 is 11.6 Å². The summed E-state index contributed by atoms with van der Waals surface area (Å²) in [4.78, 5) is 17.7. The van der Waals surface area contributed by atoms with Crippen molar-refractivity contribution in [2.75, 3.05) is 6.61 Å². The van der Waals surface area contributed by atoms with Gasteiger partial charge in [0.1, 0.15) is 11.6 Å². The molecule has 1 atom stereocenters. The second-order valence-electron chi connectivity index (χ2n) is 8.23. The number of aromatic nitrogens is 2. The van der Waals surface area contributed by atoms with E-state index < -0.39 is 0 Å². The molecular formula is C27H28ClN3O2. The molecule has 1 amide bonds. The number of nitrogens with one attached hydrogen (secondary N) is 1. The van der Waals surface area contributed by atoms with Crippen molar-refractivity contribution in [2.24, 2.45) is 0 Å². The molecule has 33 heavy (non-hydrogen) atoms. The first-order valence-corrected chi connectivity index (χ1v) is 11.5. The first-order chi connectivity index (χ1) is 15.9. The summed E-state index contributed by atoms with van der Waals surface area (Å²) >= 11 is 6.10. The fourth-order valence-corrected chi connectivity index (χ4v) is 4.06. The summed E-state index contributed by atoms with van der Waals surface area (Å²) in [7, 11) is 0. The number of benzene rings is 3. The van der Waals surface area contributed by atoms with E-state index in [1.165, 1.54) is 0 Å². The van der Waals surface area contributed by atoms with Gasteiger partial charge in [0.15, 0.2) is 0 Å². The lowest BCUT2D eigenvalue weighted by atomic mass is 10.1. The summed E-state index contributed by atoms with van der Waals surface area (Å²) in [5, 5.41) is 3.85. The van der Waals surface area contributed by atoms with Crippen molar-refractivity contribution in [1.29, 1.82) is 0 Å². The van der Waals surface area contributed by atoms with Crippen molar-refractivity contribution < 1.29 is 9.53 Å². The average molecular weight is 462 g/mol. The summed E-state index contributed by atoms with van der Waals surface area (Å²) in [5.41, 5.74) is 4.59. The quantitative estimate of drug-likeness (QED) is 0.315. The molecule has 0 fully saturated rings. The molecule has 5 nitrogen and oxygen atoms in total. The predicted octanol–water partition coefficient (Wildman–Crippen LogP) is 6.27. The topological polar surface area (TPSA) is 56.1 Å². The Kier molecular flexibility index (Phi) is 6.99. The van der Waals surface area contributed by atoms with Gasteiger partial charge in [-0.1, -0.05) is 41.9 Å². The van der Waals surface area contributed by atoms with Gasteiger partial charge in [0.25, 0.3) is 5.91 Å². The highest BCUT2D eigenvalue weighted by Gasteiger charge is 2.19. The highest BCUT2D eigenvalue weighted by Crippen LogP contribution is 2.23. The van der Waals surface area contributed by atoms with Crippen LogP contribution in [0.15, 0.2) is 66.7 Å². The van der Waals surface area contributed by atoms with Gasteiger partial charge in [-0.3, -0.25) is 4.79 Å². The molecule has 0 aliphatic carbocycles. The number of imidazole rings is 1. The maximum atomic E-state index is 12.9. The fourth-order valence-electron chi connectivity index (χ4n) is 3.95. The van der Waals surface area contributed by atoms with Crippen LogP contribution in [0.4, 0.5) is 0 Å². The van der Waals surface area contributed by atoms with E-state index in [0.29, 0.717) is 12.2 Å². The molecule has 0 aliphatic rings. The minimum absolute atomic E-state index is 0.0966. The van der Waals surface area contributed by atoms with Crippen molar-refractivity contribution >= 4 is 28.5 Å². The van der Waals surface area contributed by atoms with Crippen LogP contribution in [-0.2, 0) is 6.54 Å². The largest absolute Gasteiger partial charge is 0.494 e. The van der Waals surface area contributed by atoms with Gasteiger partial charge >= 0.3 is 0 Å².